The molecule has 6 heteroatoms. The Hall–Kier alpha value is -1.40. The van der Waals surface area contributed by atoms with E-state index in [1.807, 2.05) is 12.1 Å². The molecule has 0 radical (unpaired) electrons. The molecule has 0 spiro atoms. The zero-order valence-electron chi connectivity index (χ0n) is 15.2. The number of ether oxygens (including phenoxy) is 1. The quantitative estimate of drug-likeness (QED) is 0.869. The van der Waals surface area contributed by atoms with Crippen LogP contribution in [0.5, 0.6) is 5.75 Å². The van der Waals surface area contributed by atoms with E-state index >= 15 is 0 Å². The molecule has 3 rings (SSSR count). The molecule has 0 amide bonds. The molecule has 0 unspecified atom stereocenters. The summed E-state index contributed by atoms with van der Waals surface area (Å²) in [6.07, 6.45) is 1.24. The molecule has 0 bridgehead atoms. The molecule has 2 fully saturated rings. The minimum Gasteiger partial charge on any atom is -0.431 e. The smallest absolute Gasteiger partial charge is 0.421 e. The number of nitrogens with zero attached hydrogens (tertiary/aromatic N) is 1. The second-order valence-corrected chi connectivity index (χ2v) is 7.96. The Kier molecular flexibility index (Phi) is 4.95. The van der Waals surface area contributed by atoms with Gasteiger partial charge >= 0.3 is 6.11 Å². The summed E-state index contributed by atoms with van der Waals surface area (Å²) in [5, 5.41) is 12.5. The van der Waals surface area contributed by atoms with Crippen LogP contribution < -0.4 is 15.0 Å². The van der Waals surface area contributed by atoms with Crippen LogP contribution in [0.3, 0.4) is 0 Å². The maximum atomic E-state index is 13.3. The highest BCUT2D eigenvalue weighted by atomic mass is 19.3. The summed E-state index contributed by atoms with van der Waals surface area (Å²) in [4.78, 5) is 2.42. The van der Waals surface area contributed by atoms with E-state index in [0.717, 1.165) is 18.7 Å². The van der Waals surface area contributed by atoms with Crippen molar-refractivity contribution in [2.24, 2.45) is 0 Å². The molecule has 1 aromatic rings. The van der Waals surface area contributed by atoms with E-state index in [2.05, 4.69) is 28.8 Å². The number of aliphatic hydroxyl groups is 1. The van der Waals surface area contributed by atoms with E-state index in [4.69, 9.17) is 5.11 Å². The highest BCUT2D eigenvalue weighted by molar-refractivity contribution is 5.55. The lowest BCUT2D eigenvalue weighted by molar-refractivity contribution is -0.201. The van der Waals surface area contributed by atoms with Crippen LogP contribution in [0.2, 0.25) is 0 Å². The molecule has 4 nitrogen and oxygen atoms in total. The highest BCUT2D eigenvalue weighted by Crippen LogP contribution is 2.36. The second kappa shape index (κ2) is 6.72. The largest absolute Gasteiger partial charge is 0.431 e. The van der Waals surface area contributed by atoms with Gasteiger partial charge in [-0.15, -0.1) is 0 Å². The molecular formula is C19H28F2N2O2. The lowest BCUT2D eigenvalue weighted by Crippen LogP contribution is -2.67. The van der Waals surface area contributed by atoms with E-state index < -0.39 is 12.7 Å². The number of anilines is 1. The minimum atomic E-state index is -3.56. The Morgan fingerprint density at radius 1 is 1.32 bits per heavy atom. The summed E-state index contributed by atoms with van der Waals surface area (Å²) >= 11 is 0. The molecule has 140 valence electrons. The van der Waals surface area contributed by atoms with Gasteiger partial charge in [0, 0.05) is 29.9 Å². The predicted molar refractivity (Wildman–Crippen MR) is 94.4 cm³/mol. The molecule has 0 aromatic heterocycles. The Labute approximate surface area is 148 Å². The van der Waals surface area contributed by atoms with Crippen LogP contribution in [-0.2, 0) is 0 Å². The lowest BCUT2D eigenvalue weighted by Gasteiger charge is -2.52. The van der Waals surface area contributed by atoms with Gasteiger partial charge in [-0.3, -0.25) is 0 Å². The van der Waals surface area contributed by atoms with Gasteiger partial charge in [0.25, 0.3) is 0 Å². The van der Waals surface area contributed by atoms with E-state index in [1.165, 1.54) is 19.3 Å². The monoisotopic (exact) mass is 354 g/mol. The lowest BCUT2D eigenvalue weighted by atomic mass is 9.83. The fraction of sp³-hybridized carbons (Fsp3) is 0.684. The first-order valence-electron chi connectivity index (χ1n) is 9.03. The number of hydrogen-bond acceptors (Lipinski definition) is 4. The average molecular weight is 354 g/mol. The van der Waals surface area contributed by atoms with E-state index in [9.17, 15) is 8.78 Å². The zero-order chi connectivity index (χ0) is 18.2. The molecule has 1 saturated heterocycles. The van der Waals surface area contributed by atoms with Crippen molar-refractivity contribution in [1.29, 1.82) is 0 Å². The normalized spacial score (nSPS) is 26.2. The third-order valence-electron chi connectivity index (χ3n) is 5.21. The average Bonchev–Trinajstić information content (AvgIpc) is 2.55. The molecule has 25 heavy (non-hydrogen) atoms. The van der Waals surface area contributed by atoms with E-state index in [0.29, 0.717) is 17.6 Å². The SMILES string of the molecule is Cc1cc(N2CC(C)(C)N[C@@H]3CCCC[C@@H]32)ccc1OC(F)(F)CO. The Bertz CT molecular complexity index is 621. The van der Waals surface area contributed by atoms with Crippen molar-refractivity contribution < 1.29 is 18.6 Å². The van der Waals surface area contributed by atoms with Crippen molar-refractivity contribution in [3.05, 3.63) is 23.8 Å². The Morgan fingerprint density at radius 2 is 2.04 bits per heavy atom. The van der Waals surface area contributed by atoms with Gasteiger partial charge < -0.3 is 20.1 Å². The topological polar surface area (TPSA) is 44.7 Å². The van der Waals surface area contributed by atoms with Crippen molar-refractivity contribution in [2.45, 2.75) is 70.2 Å². The number of benzene rings is 1. The maximum Gasteiger partial charge on any atom is 0.421 e. The third-order valence-corrected chi connectivity index (χ3v) is 5.21. The number of halogens is 2. The maximum absolute atomic E-state index is 13.3. The van der Waals surface area contributed by atoms with Gasteiger partial charge in [0.2, 0.25) is 0 Å². The number of fused-ring (bicyclic) bond motifs is 1. The predicted octanol–water partition coefficient (Wildman–Crippen LogP) is 3.46. The van der Waals surface area contributed by atoms with Gasteiger partial charge in [-0.05, 0) is 57.4 Å². The molecule has 1 aliphatic carbocycles. The molecular weight excluding hydrogens is 326 g/mol. The fourth-order valence-corrected chi connectivity index (χ4v) is 4.15. The molecule has 1 heterocycles. The zero-order valence-corrected chi connectivity index (χ0v) is 15.2. The molecule has 2 atom stereocenters. The van der Waals surface area contributed by atoms with Crippen molar-refractivity contribution in [3.63, 3.8) is 0 Å². The number of hydrogen-bond donors (Lipinski definition) is 2. The number of aliphatic hydroxyl groups excluding tert-OH is 1. The number of piperazine rings is 1. The standard InChI is InChI=1S/C19H28F2N2O2/c1-13-10-14(8-9-17(13)25-19(20,21)12-24)23-11-18(2,3)22-15-6-4-5-7-16(15)23/h8-10,15-16,22,24H,4-7,11-12H2,1-3H3/t15-,16+/m1/s1. The van der Waals surface area contributed by atoms with Gasteiger partial charge in [-0.1, -0.05) is 12.8 Å². The molecule has 1 aliphatic heterocycles. The first kappa shape index (κ1) is 18.4. The first-order valence-corrected chi connectivity index (χ1v) is 9.03. The highest BCUT2D eigenvalue weighted by Gasteiger charge is 2.40. The fourth-order valence-electron chi connectivity index (χ4n) is 4.15. The molecule has 1 saturated carbocycles. The molecule has 2 aliphatic rings. The summed E-state index contributed by atoms with van der Waals surface area (Å²) in [6.45, 7) is 5.72. The number of alkyl halides is 2. The number of rotatable bonds is 4. The number of aryl methyl sites for hydroxylation is 1. The van der Waals surface area contributed by atoms with Gasteiger partial charge in [-0.2, -0.15) is 8.78 Å². The second-order valence-electron chi connectivity index (χ2n) is 7.96. The third kappa shape index (κ3) is 4.06. The Morgan fingerprint density at radius 3 is 2.72 bits per heavy atom. The summed E-state index contributed by atoms with van der Waals surface area (Å²) < 4.78 is 31.3. The van der Waals surface area contributed by atoms with E-state index in [1.54, 1.807) is 13.0 Å². The van der Waals surface area contributed by atoms with Crippen molar-refractivity contribution >= 4 is 5.69 Å². The summed E-state index contributed by atoms with van der Waals surface area (Å²) in [5.74, 6) is 0.109. The summed E-state index contributed by atoms with van der Waals surface area (Å²) in [5.41, 5.74) is 1.70. The van der Waals surface area contributed by atoms with Crippen LogP contribution in [0.25, 0.3) is 0 Å². The van der Waals surface area contributed by atoms with Crippen molar-refractivity contribution in [3.8, 4) is 5.75 Å². The first-order chi connectivity index (χ1) is 11.7. The number of nitrogens with one attached hydrogen (secondary N) is 1. The Balaban J connectivity index is 1.85. The summed E-state index contributed by atoms with van der Waals surface area (Å²) in [6, 6.07) is 6.25. The van der Waals surface area contributed by atoms with E-state index in [-0.39, 0.29) is 11.3 Å². The van der Waals surface area contributed by atoms with Gasteiger partial charge in [0.1, 0.15) is 12.4 Å². The molecule has 2 N–H and O–H groups in total. The van der Waals surface area contributed by atoms with Crippen molar-refractivity contribution in [2.75, 3.05) is 18.1 Å². The van der Waals surface area contributed by atoms with Crippen LogP contribution in [0.4, 0.5) is 14.5 Å². The van der Waals surface area contributed by atoms with Crippen LogP contribution in [0, 0.1) is 6.92 Å². The summed E-state index contributed by atoms with van der Waals surface area (Å²) in [7, 11) is 0. The van der Waals surface area contributed by atoms with Crippen LogP contribution in [-0.4, -0.2) is 42.0 Å². The molecule has 1 aromatic carbocycles. The van der Waals surface area contributed by atoms with Gasteiger partial charge in [0.05, 0.1) is 0 Å². The van der Waals surface area contributed by atoms with Crippen LogP contribution in [0.15, 0.2) is 18.2 Å². The van der Waals surface area contributed by atoms with Crippen LogP contribution in [0.1, 0.15) is 45.1 Å². The van der Waals surface area contributed by atoms with Gasteiger partial charge in [-0.25, -0.2) is 0 Å². The van der Waals surface area contributed by atoms with Gasteiger partial charge in [0.15, 0.2) is 0 Å². The minimum absolute atomic E-state index is 0.00546. The van der Waals surface area contributed by atoms with Crippen molar-refractivity contribution in [1.82, 2.24) is 5.32 Å². The van der Waals surface area contributed by atoms with Crippen LogP contribution >= 0.6 is 0 Å².